The number of halogens is 1. The van der Waals surface area contributed by atoms with E-state index in [9.17, 15) is 14.0 Å². The van der Waals surface area contributed by atoms with Crippen LogP contribution in [0.25, 0.3) is 0 Å². The van der Waals surface area contributed by atoms with Crippen LogP contribution in [0.5, 0.6) is 5.75 Å². The first kappa shape index (κ1) is 19.2. The normalized spacial score (nSPS) is 10.4. The van der Waals surface area contributed by atoms with Gasteiger partial charge in [0.1, 0.15) is 12.4 Å². The maximum Gasteiger partial charge on any atom is 0.360 e. The number of aromatic nitrogens is 1. The lowest BCUT2D eigenvalue weighted by atomic mass is 9.99. The van der Waals surface area contributed by atoms with Crippen molar-refractivity contribution >= 4 is 11.8 Å². The third-order valence-corrected chi connectivity index (χ3v) is 4.24. The van der Waals surface area contributed by atoms with Gasteiger partial charge in [0, 0.05) is 22.9 Å². The Hall–Kier alpha value is -3.54. The standard InChI is InChI=1S/C22H18FNO4/c1-14-18(20(25)16-8-10-17(23)11-9-16)12-24-19(22(26)27-2)21(14)28-13-15-6-4-3-5-7-15/h3-12H,13H2,1-2H3. The van der Waals surface area contributed by atoms with E-state index in [0.29, 0.717) is 11.1 Å². The summed E-state index contributed by atoms with van der Waals surface area (Å²) in [6, 6.07) is 14.6. The molecular formula is C22H18FNO4. The molecule has 5 nitrogen and oxygen atoms in total. The monoisotopic (exact) mass is 379 g/mol. The van der Waals surface area contributed by atoms with Gasteiger partial charge in [0.15, 0.2) is 17.2 Å². The average molecular weight is 379 g/mol. The van der Waals surface area contributed by atoms with E-state index in [1.807, 2.05) is 30.3 Å². The molecule has 1 aromatic heterocycles. The van der Waals surface area contributed by atoms with E-state index < -0.39 is 11.8 Å². The van der Waals surface area contributed by atoms with E-state index in [1.165, 1.54) is 37.6 Å². The van der Waals surface area contributed by atoms with Crippen molar-refractivity contribution in [2.45, 2.75) is 13.5 Å². The number of hydrogen-bond acceptors (Lipinski definition) is 5. The third kappa shape index (κ3) is 4.06. The molecule has 142 valence electrons. The Bertz CT molecular complexity index is 1000. The summed E-state index contributed by atoms with van der Waals surface area (Å²) in [5.74, 6) is -1.25. The van der Waals surface area contributed by atoms with Crippen molar-refractivity contribution in [1.29, 1.82) is 0 Å². The zero-order valence-electron chi connectivity index (χ0n) is 15.4. The maximum atomic E-state index is 13.1. The van der Waals surface area contributed by atoms with Gasteiger partial charge < -0.3 is 9.47 Å². The van der Waals surface area contributed by atoms with E-state index in [1.54, 1.807) is 6.92 Å². The van der Waals surface area contributed by atoms with E-state index in [4.69, 9.17) is 9.47 Å². The van der Waals surface area contributed by atoms with Gasteiger partial charge in [0.2, 0.25) is 0 Å². The molecule has 6 heteroatoms. The number of hydrogen-bond donors (Lipinski definition) is 0. The smallest absolute Gasteiger partial charge is 0.360 e. The SMILES string of the molecule is COC(=O)c1ncc(C(=O)c2ccc(F)cc2)c(C)c1OCc1ccccc1. The van der Waals surface area contributed by atoms with Crippen molar-refractivity contribution in [2.24, 2.45) is 0 Å². The highest BCUT2D eigenvalue weighted by molar-refractivity contribution is 6.10. The molecule has 0 unspecified atom stereocenters. The van der Waals surface area contributed by atoms with Crippen LogP contribution in [0.15, 0.2) is 60.8 Å². The predicted octanol–water partition coefficient (Wildman–Crippen LogP) is 4.13. The van der Waals surface area contributed by atoms with Gasteiger partial charge in [-0.2, -0.15) is 0 Å². The summed E-state index contributed by atoms with van der Waals surface area (Å²) < 4.78 is 23.8. The fraction of sp³-hybridized carbons (Fsp3) is 0.136. The third-order valence-electron chi connectivity index (χ3n) is 4.24. The summed E-state index contributed by atoms with van der Waals surface area (Å²) in [5, 5.41) is 0. The molecule has 0 bridgehead atoms. The minimum atomic E-state index is -0.660. The second-order valence-electron chi connectivity index (χ2n) is 6.08. The number of esters is 1. The molecule has 2 aromatic carbocycles. The number of rotatable bonds is 6. The number of carbonyl (C=O) groups is 2. The zero-order chi connectivity index (χ0) is 20.1. The second kappa shape index (κ2) is 8.43. The predicted molar refractivity (Wildman–Crippen MR) is 101 cm³/mol. The van der Waals surface area contributed by atoms with Crippen LogP contribution in [0.2, 0.25) is 0 Å². The molecule has 0 amide bonds. The van der Waals surface area contributed by atoms with Crippen molar-refractivity contribution in [3.05, 3.63) is 94.6 Å². The van der Waals surface area contributed by atoms with Crippen LogP contribution in [0, 0.1) is 12.7 Å². The quantitative estimate of drug-likeness (QED) is 0.476. The number of nitrogens with zero attached hydrogens (tertiary/aromatic N) is 1. The van der Waals surface area contributed by atoms with Crippen LogP contribution in [-0.4, -0.2) is 23.8 Å². The summed E-state index contributed by atoms with van der Waals surface area (Å²) >= 11 is 0. The van der Waals surface area contributed by atoms with E-state index in [-0.39, 0.29) is 29.4 Å². The van der Waals surface area contributed by atoms with E-state index >= 15 is 0 Å². The fourth-order valence-electron chi connectivity index (χ4n) is 2.72. The molecule has 0 aliphatic heterocycles. The van der Waals surface area contributed by atoms with Gasteiger partial charge in [-0.3, -0.25) is 4.79 Å². The molecule has 0 spiro atoms. The highest BCUT2D eigenvalue weighted by Crippen LogP contribution is 2.28. The Kier molecular flexibility index (Phi) is 5.79. The molecule has 0 atom stereocenters. The average Bonchev–Trinajstić information content (AvgIpc) is 2.73. The summed E-state index contributed by atoms with van der Waals surface area (Å²) in [6.45, 7) is 1.87. The fourth-order valence-corrected chi connectivity index (χ4v) is 2.72. The molecular weight excluding hydrogens is 361 g/mol. The number of methoxy groups -OCH3 is 1. The van der Waals surface area contributed by atoms with Gasteiger partial charge in [-0.1, -0.05) is 30.3 Å². The lowest BCUT2D eigenvalue weighted by Gasteiger charge is -2.15. The molecule has 28 heavy (non-hydrogen) atoms. The van der Waals surface area contributed by atoms with Crippen molar-refractivity contribution in [2.75, 3.05) is 7.11 Å². The van der Waals surface area contributed by atoms with E-state index in [2.05, 4.69) is 4.98 Å². The van der Waals surface area contributed by atoms with E-state index in [0.717, 1.165) is 5.56 Å². The Morgan fingerprint density at radius 3 is 2.36 bits per heavy atom. The Balaban J connectivity index is 1.99. The molecule has 0 saturated carbocycles. The van der Waals surface area contributed by atoms with Crippen LogP contribution in [-0.2, 0) is 11.3 Å². The number of ether oxygens (including phenoxy) is 2. The Morgan fingerprint density at radius 1 is 1.04 bits per heavy atom. The zero-order valence-corrected chi connectivity index (χ0v) is 15.4. The first-order chi connectivity index (χ1) is 13.5. The minimum Gasteiger partial charge on any atom is -0.486 e. The summed E-state index contributed by atoms with van der Waals surface area (Å²) in [4.78, 5) is 29.0. The van der Waals surface area contributed by atoms with Gasteiger partial charge in [-0.15, -0.1) is 0 Å². The molecule has 0 aliphatic rings. The molecule has 0 fully saturated rings. The molecule has 0 radical (unpaired) electrons. The van der Waals surface area contributed by atoms with Gasteiger partial charge in [-0.05, 0) is 36.8 Å². The van der Waals surface area contributed by atoms with Crippen molar-refractivity contribution in [3.63, 3.8) is 0 Å². The van der Waals surface area contributed by atoms with Crippen LogP contribution in [0.1, 0.15) is 37.5 Å². The number of pyridine rings is 1. The maximum absolute atomic E-state index is 13.1. The second-order valence-corrected chi connectivity index (χ2v) is 6.08. The first-order valence-corrected chi connectivity index (χ1v) is 8.56. The van der Waals surface area contributed by atoms with Gasteiger partial charge >= 0.3 is 5.97 Å². The van der Waals surface area contributed by atoms with Gasteiger partial charge in [-0.25, -0.2) is 14.2 Å². The van der Waals surface area contributed by atoms with Crippen LogP contribution >= 0.6 is 0 Å². The Morgan fingerprint density at radius 2 is 1.71 bits per heavy atom. The van der Waals surface area contributed by atoms with Gasteiger partial charge in [0.25, 0.3) is 0 Å². The molecule has 0 aliphatic carbocycles. The largest absolute Gasteiger partial charge is 0.486 e. The van der Waals surface area contributed by atoms with Crippen molar-refractivity contribution in [1.82, 2.24) is 4.98 Å². The van der Waals surface area contributed by atoms with Gasteiger partial charge in [0.05, 0.1) is 7.11 Å². The lowest BCUT2D eigenvalue weighted by Crippen LogP contribution is -2.13. The van der Waals surface area contributed by atoms with Crippen LogP contribution < -0.4 is 4.74 Å². The molecule has 3 rings (SSSR count). The van der Waals surface area contributed by atoms with Crippen molar-refractivity contribution in [3.8, 4) is 5.75 Å². The highest BCUT2D eigenvalue weighted by atomic mass is 19.1. The minimum absolute atomic E-state index is 0.00779. The molecule has 1 heterocycles. The number of ketones is 1. The van der Waals surface area contributed by atoms with Crippen molar-refractivity contribution < 1.29 is 23.5 Å². The molecule has 3 aromatic rings. The molecule has 0 saturated heterocycles. The summed E-state index contributed by atoms with van der Waals surface area (Å²) in [7, 11) is 1.25. The Labute approximate surface area is 161 Å². The summed E-state index contributed by atoms with van der Waals surface area (Å²) in [6.07, 6.45) is 1.31. The lowest BCUT2D eigenvalue weighted by molar-refractivity contribution is 0.0587. The highest BCUT2D eigenvalue weighted by Gasteiger charge is 2.23. The van der Waals surface area contributed by atoms with Crippen LogP contribution in [0.4, 0.5) is 4.39 Å². The number of carbonyl (C=O) groups excluding carboxylic acids is 2. The topological polar surface area (TPSA) is 65.5 Å². The van der Waals surface area contributed by atoms with Crippen LogP contribution in [0.3, 0.4) is 0 Å². The number of benzene rings is 2. The first-order valence-electron chi connectivity index (χ1n) is 8.56. The molecule has 0 N–H and O–H groups in total. The summed E-state index contributed by atoms with van der Waals surface area (Å²) in [5.41, 5.74) is 1.92.